The number of aryl methyl sites for hydroxylation is 1. The van der Waals surface area contributed by atoms with Crippen LogP contribution in [-0.2, 0) is 10.8 Å². The molecule has 0 saturated heterocycles. The topological polar surface area (TPSA) is 21.8 Å². The lowest BCUT2D eigenvalue weighted by atomic mass is 9.33. The van der Waals surface area contributed by atoms with E-state index in [2.05, 4.69) is 207 Å². The highest BCUT2D eigenvalue weighted by molar-refractivity contribution is 7.00. The fourth-order valence-electron chi connectivity index (χ4n) is 11.4. The smallest absolute Gasteiger partial charge is 0.252 e. The summed E-state index contributed by atoms with van der Waals surface area (Å²) in [7, 11) is 0. The lowest BCUT2D eigenvalue weighted by molar-refractivity contribution is 0.195. The first-order valence-electron chi connectivity index (χ1n) is 21.7. The van der Waals surface area contributed by atoms with Gasteiger partial charge in [-0.1, -0.05) is 107 Å². The second-order valence-corrected chi connectivity index (χ2v) is 19.0. The molecule has 5 heteroatoms. The third-order valence-corrected chi connectivity index (χ3v) is 14.6. The van der Waals surface area contributed by atoms with E-state index in [1.54, 1.807) is 0 Å². The Morgan fingerprint density at radius 3 is 2.05 bits per heavy atom. The zero-order chi connectivity index (χ0) is 40.3. The van der Waals surface area contributed by atoms with Crippen molar-refractivity contribution in [2.75, 3.05) is 21.2 Å². The van der Waals surface area contributed by atoms with Crippen molar-refractivity contribution in [1.29, 1.82) is 0 Å². The maximum atomic E-state index is 3.34. The molecule has 2 unspecified atom stereocenters. The number of fused-ring (bicyclic) bond motifs is 7. The summed E-state index contributed by atoms with van der Waals surface area (Å²) in [6.07, 6.45) is 11.5. The summed E-state index contributed by atoms with van der Waals surface area (Å²) in [4.78, 5) is 7.83. The minimum absolute atomic E-state index is 0.0218. The lowest BCUT2D eigenvalue weighted by Gasteiger charge is -2.50. The number of dihydropyridines is 1. The first-order valence-corrected chi connectivity index (χ1v) is 21.7. The van der Waals surface area contributed by atoms with Crippen LogP contribution >= 0.6 is 0 Å². The third-order valence-electron chi connectivity index (χ3n) is 14.6. The van der Waals surface area contributed by atoms with Crippen LogP contribution in [0.25, 0.3) is 5.57 Å². The highest BCUT2D eigenvalue weighted by Gasteiger charge is 2.58. The van der Waals surface area contributed by atoms with Crippen molar-refractivity contribution >= 4 is 74.2 Å². The molecule has 1 saturated carbocycles. The zero-order valence-corrected chi connectivity index (χ0v) is 35.3. The van der Waals surface area contributed by atoms with Crippen LogP contribution < -0.4 is 36.4 Å². The number of allylic oxidation sites excluding steroid dienone is 2. The molecule has 4 nitrogen and oxygen atoms in total. The van der Waals surface area contributed by atoms with E-state index in [-0.39, 0.29) is 23.1 Å². The van der Waals surface area contributed by atoms with E-state index in [0.717, 1.165) is 13.0 Å². The molecule has 0 radical (unpaired) electrons. The molecule has 59 heavy (non-hydrogen) atoms. The van der Waals surface area contributed by atoms with Gasteiger partial charge in [-0.05, 0) is 155 Å². The molecule has 0 spiro atoms. The molecule has 5 aliphatic rings. The van der Waals surface area contributed by atoms with Crippen molar-refractivity contribution in [1.82, 2.24) is 5.32 Å². The molecule has 1 N–H and O–H groups in total. The average Bonchev–Trinajstić information content (AvgIpc) is 3.46. The van der Waals surface area contributed by atoms with Gasteiger partial charge in [0.2, 0.25) is 0 Å². The molecule has 6 aromatic carbocycles. The van der Waals surface area contributed by atoms with Crippen molar-refractivity contribution in [2.45, 2.75) is 83.6 Å². The number of hydrogen-bond donors (Lipinski definition) is 1. The van der Waals surface area contributed by atoms with Crippen LogP contribution in [0.4, 0.5) is 45.5 Å². The van der Waals surface area contributed by atoms with Crippen LogP contribution in [0.3, 0.4) is 0 Å². The molecule has 0 bridgehead atoms. The molecule has 0 amide bonds. The summed E-state index contributed by atoms with van der Waals surface area (Å²) < 4.78 is 0. The molecule has 1 aliphatic carbocycles. The van der Waals surface area contributed by atoms with Crippen molar-refractivity contribution in [3.8, 4) is 0 Å². The van der Waals surface area contributed by atoms with E-state index in [1.807, 2.05) is 0 Å². The van der Waals surface area contributed by atoms with Gasteiger partial charge in [0.1, 0.15) is 0 Å². The standard InChI is InChI=1S/C54H53BN4/c1-36-32-49-51-50(33-36)58(41-21-19-39(20-22-41)52(2,3)4)48-35-42(23-24-45(48)55(51)44-16-10-11-17-47(44)57(49)40-14-8-7-9-15-40)59-46-25-18-38(37-26-30-56-31-27-37)34-43(46)53(5)28-12-13-29-54(53,59)6/h7-11,14-27,30,32-35,56H,12-13,28-29,31H2,1-6H3. The summed E-state index contributed by atoms with van der Waals surface area (Å²) in [6, 6.07) is 49.0. The number of nitrogens with zero attached hydrogens (tertiary/aromatic N) is 3. The predicted octanol–water partition coefficient (Wildman–Crippen LogP) is 11.6. The van der Waals surface area contributed by atoms with E-state index in [9.17, 15) is 0 Å². The Morgan fingerprint density at radius 2 is 1.31 bits per heavy atom. The molecular formula is C54H53BN4. The monoisotopic (exact) mass is 768 g/mol. The van der Waals surface area contributed by atoms with Gasteiger partial charge in [0.25, 0.3) is 6.71 Å². The SMILES string of the molecule is Cc1cc2c3c(c1)N(c1ccc(C(C)(C)C)cc1)c1cc(N4c5ccc(C6=CCNC=C6)cc5C5(C)CCCCC45C)ccc1B3c1ccccc1N2c1ccccc1. The predicted molar refractivity (Wildman–Crippen MR) is 252 cm³/mol. The Morgan fingerprint density at radius 1 is 0.627 bits per heavy atom. The summed E-state index contributed by atoms with van der Waals surface area (Å²) in [5.74, 6) is 0. The van der Waals surface area contributed by atoms with Crippen LogP contribution in [0.2, 0.25) is 0 Å². The van der Waals surface area contributed by atoms with Crippen LogP contribution in [0.1, 0.15) is 82.6 Å². The number of para-hydroxylation sites is 2. The second-order valence-electron chi connectivity index (χ2n) is 19.0. The summed E-state index contributed by atoms with van der Waals surface area (Å²) in [6.45, 7) is 15.2. The fourth-order valence-corrected chi connectivity index (χ4v) is 11.4. The van der Waals surface area contributed by atoms with E-state index < -0.39 is 0 Å². The third kappa shape index (κ3) is 5.29. The van der Waals surface area contributed by atoms with E-state index >= 15 is 0 Å². The van der Waals surface area contributed by atoms with Gasteiger partial charge in [-0.3, -0.25) is 0 Å². The number of hydrogen-bond acceptors (Lipinski definition) is 4. The second kappa shape index (κ2) is 13.0. The van der Waals surface area contributed by atoms with Gasteiger partial charge >= 0.3 is 0 Å². The Hall–Kier alpha value is -5.94. The minimum Gasteiger partial charge on any atom is -0.387 e. The van der Waals surface area contributed by atoms with Gasteiger partial charge in [0.05, 0.1) is 5.54 Å². The molecule has 0 aromatic heterocycles. The van der Waals surface area contributed by atoms with E-state index in [1.165, 1.54) is 109 Å². The zero-order valence-electron chi connectivity index (χ0n) is 35.3. The number of nitrogens with one attached hydrogen (secondary N) is 1. The molecule has 2 atom stereocenters. The first-order chi connectivity index (χ1) is 28.5. The highest BCUT2D eigenvalue weighted by Crippen LogP contribution is 2.61. The van der Waals surface area contributed by atoms with E-state index in [0.29, 0.717) is 0 Å². The summed E-state index contributed by atoms with van der Waals surface area (Å²) in [5, 5.41) is 3.34. The van der Waals surface area contributed by atoms with Crippen molar-refractivity contribution in [3.63, 3.8) is 0 Å². The molecule has 1 fully saturated rings. The molecule has 11 rings (SSSR count). The first kappa shape index (κ1) is 36.2. The van der Waals surface area contributed by atoms with Crippen molar-refractivity contribution in [2.24, 2.45) is 0 Å². The minimum atomic E-state index is -0.0675. The van der Waals surface area contributed by atoms with Crippen LogP contribution in [0, 0.1) is 6.92 Å². The maximum absolute atomic E-state index is 3.34. The fraction of sp³-hybridized carbons (Fsp3) is 0.259. The van der Waals surface area contributed by atoms with Gasteiger partial charge < -0.3 is 20.0 Å². The van der Waals surface area contributed by atoms with Gasteiger partial charge in [-0.2, -0.15) is 0 Å². The average molecular weight is 769 g/mol. The summed E-state index contributed by atoms with van der Waals surface area (Å²) >= 11 is 0. The lowest BCUT2D eigenvalue weighted by Crippen LogP contribution is -2.61. The maximum Gasteiger partial charge on any atom is 0.252 e. The Kier molecular flexibility index (Phi) is 7.99. The number of anilines is 8. The number of rotatable bonds is 4. The Balaban J connectivity index is 1.15. The molecule has 4 aliphatic heterocycles. The highest BCUT2D eigenvalue weighted by atomic mass is 15.3. The van der Waals surface area contributed by atoms with Crippen LogP contribution in [0.5, 0.6) is 0 Å². The van der Waals surface area contributed by atoms with Crippen molar-refractivity contribution in [3.05, 3.63) is 168 Å². The van der Waals surface area contributed by atoms with Gasteiger partial charge in [-0.25, -0.2) is 0 Å². The van der Waals surface area contributed by atoms with Crippen LogP contribution in [0.15, 0.2) is 146 Å². The van der Waals surface area contributed by atoms with Gasteiger partial charge in [-0.15, -0.1) is 0 Å². The molecule has 292 valence electrons. The van der Waals surface area contributed by atoms with E-state index in [4.69, 9.17) is 0 Å². The van der Waals surface area contributed by atoms with Crippen molar-refractivity contribution < 1.29 is 0 Å². The van der Waals surface area contributed by atoms with Gasteiger partial charge in [0.15, 0.2) is 0 Å². The number of benzene rings is 6. The normalized spacial score (nSPS) is 21.2. The van der Waals surface area contributed by atoms with Gasteiger partial charge in [0, 0.05) is 57.5 Å². The molecule has 6 aromatic rings. The Labute approximate surface area is 351 Å². The summed E-state index contributed by atoms with van der Waals surface area (Å²) in [5.41, 5.74) is 20.8. The molecular weight excluding hydrogens is 715 g/mol. The van der Waals surface area contributed by atoms with Crippen LogP contribution in [-0.4, -0.2) is 18.8 Å². The largest absolute Gasteiger partial charge is 0.387 e. The quantitative estimate of drug-likeness (QED) is 0.180. The Bertz CT molecular complexity index is 2720. The molecule has 4 heterocycles.